The zero-order chi connectivity index (χ0) is 16.1. The van der Waals surface area contributed by atoms with Gasteiger partial charge < -0.3 is 10.5 Å². The maximum atomic E-state index is 11.6. The van der Waals surface area contributed by atoms with Crippen LogP contribution in [0.5, 0.6) is 11.5 Å². The molecule has 4 nitrogen and oxygen atoms in total. The minimum atomic E-state index is -0.252. The van der Waals surface area contributed by atoms with E-state index in [0.29, 0.717) is 6.54 Å². The van der Waals surface area contributed by atoms with Crippen LogP contribution >= 0.6 is 0 Å². The molecule has 1 atom stereocenters. The Hall–Kier alpha value is -2.33. The lowest BCUT2D eigenvalue weighted by molar-refractivity contribution is -0.124. The molecular formula is C19H21N2O2. The van der Waals surface area contributed by atoms with Crippen molar-refractivity contribution in [2.24, 2.45) is 5.73 Å². The van der Waals surface area contributed by atoms with Crippen molar-refractivity contribution in [1.29, 1.82) is 0 Å². The predicted octanol–water partition coefficient (Wildman–Crippen LogP) is 3.13. The second-order valence-electron chi connectivity index (χ2n) is 5.76. The van der Waals surface area contributed by atoms with E-state index in [4.69, 9.17) is 10.5 Å². The molecule has 1 saturated heterocycles. The fourth-order valence-corrected chi connectivity index (χ4v) is 2.89. The number of amides is 1. The third-order valence-corrected chi connectivity index (χ3v) is 4.04. The van der Waals surface area contributed by atoms with Gasteiger partial charge in [-0.15, -0.1) is 0 Å². The monoisotopic (exact) mass is 309 g/mol. The normalized spacial score (nSPS) is 18.5. The van der Waals surface area contributed by atoms with Gasteiger partial charge in [-0.05, 0) is 55.6 Å². The van der Waals surface area contributed by atoms with Crippen LogP contribution in [0.25, 0.3) is 0 Å². The quantitative estimate of drug-likeness (QED) is 0.923. The molecule has 0 aliphatic carbocycles. The van der Waals surface area contributed by atoms with Gasteiger partial charge in [-0.3, -0.25) is 9.69 Å². The molecule has 1 unspecified atom stereocenters. The summed E-state index contributed by atoms with van der Waals surface area (Å²) in [4.78, 5) is 13.7. The largest absolute Gasteiger partial charge is 0.457 e. The number of hydrogen-bond donors (Lipinski definition) is 1. The first-order chi connectivity index (χ1) is 11.2. The summed E-state index contributed by atoms with van der Waals surface area (Å²) in [6.07, 6.45) is 3.86. The summed E-state index contributed by atoms with van der Waals surface area (Å²) in [5.74, 6) is 1.36. The summed E-state index contributed by atoms with van der Waals surface area (Å²) < 4.78 is 5.87. The topological polar surface area (TPSA) is 55.6 Å². The van der Waals surface area contributed by atoms with Gasteiger partial charge in [0.15, 0.2) is 0 Å². The van der Waals surface area contributed by atoms with E-state index in [1.807, 2.05) is 54.6 Å². The Morgan fingerprint density at radius 2 is 1.91 bits per heavy atom. The minimum Gasteiger partial charge on any atom is -0.457 e. The lowest BCUT2D eigenvalue weighted by Gasteiger charge is -2.33. The highest BCUT2D eigenvalue weighted by molar-refractivity contribution is 5.80. The fourth-order valence-electron chi connectivity index (χ4n) is 2.89. The van der Waals surface area contributed by atoms with Crippen molar-refractivity contribution < 1.29 is 9.53 Å². The standard InChI is InChI=1S/C19H21N2O2/c20-19(22)18-11-4-5-12-21(18)14-15-7-6-10-17(13-15)23-16-8-2-1-3-9-16/h1-4,6-10,13,18H,5,11-12,14H2,(H2,20,22). The average molecular weight is 309 g/mol. The Morgan fingerprint density at radius 3 is 2.70 bits per heavy atom. The van der Waals surface area contributed by atoms with Crippen LogP contribution in [-0.4, -0.2) is 23.4 Å². The Morgan fingerprint density at radius 1 is 1.13 bits per heavy atom. The van der Waals surface area contributed by atoms with E-state index >= 15 is 0 Å². The van der Waals surface area contributed by atoms with Crippen LogP contribution < -0.4 is 10.5 Å². The van der Waals surface area contributed by atoms with Crippen LogP contribution in [0.1, 0.15) is 18.4 Å². The number of piperidine rings is 1. The van der Waals surface area contributed by atoms with Crippen LogP contribution in [0, 0.1) is 6.42 Å². The van der Waals surface area contributed by atoms with Gasteiger partial charge in [-0.1, -0.05) is 30.3 Å². The van der Waals surface area contributed by atoms with E-state index < -0.39 is 0 Å². The molecule has 119 valence electrons. The van der Waals surface area contributed by atoms with Crippen molar-refractivity contribution in [2.45, 2.75) is 25.4 Å². The number of carbonyl (C=O) groups is 1. The fraction of sp³-hybridized carbons (Fsp3) is 0.263. The summed E-state index contributed by atoms with van der Waals surface area (Å²) >= 11 is 0. The van der Waals surface area contributed by atoms with Gasteiger partial charge in [0, 0.05) is 6.54 Å². The molecule has 2 N–H and O–H groups in total. The van der Waals surface area contributed by atoms with Crippen LogP contribution in [0.2, 0.25) is 0 Å². The number of hydrogen-bond acceptors (Lipinski definition) is 3. The van der Waals surface area contributed by atoms with Crippen molar-refractivity contribution in [3.05, 3.63) is 66.6 Å². The maximum absolute atomic E-state index is 11.6. The molecule has 1 aliphatic heterocycles. The molecule has 1 fully saturated rings. The molecule has 2 aromatic rings. The summed E-state index contributed by atoms with van der Waals surface area (Å²) in [7, 11) is 0. The van der Waals surface area contributed by atoms with Gasteiger partial charge >= 0.3 is 0 Å². The highest BCUT2D eigenvalue weighted by Crippen LogP contribution is 2.24. The van der Waals surface area contributed by atoms with Gasteiger partial charge in [0.1, 0.15) is 11.5 Å². The van der Waals surface area contributed by atoms with Crippen LogP contribution in [0.15, 0.2) is 54.6 Å². The predicted molar refractivity (Wildman–Crippen MR) is 89.9 cm³/mol. The first kappa shape index (κ1) is 15.6. The van der Waals surface area contributed by atoms with E-state index in [0.717, 1.165) is 36.4 Å². The van der Waals surface area contributed by atoms with E-state index in [1.54, 1.807) is 0 Å². The van der Waals surface area contributed by atoms with Crippen molar-refractivity contribution in [3.63, 3.8) is 0 Å². The first-order valence-corrected chi connectivity index (χ1v) is 7.89. The Kier molecular flexibility index (Phi) is 4.93. The number of carbonyl (C=O) groups excluding carboxylic acids is 1. The molecule has 2 aromatic carbocycles. The van der Waals surface area contributed by atoms with Gasteiger partial charge in [0.25, 0.3) is 0 Å². The van der Waals surface area contributed by atoms with E-state index in [1.165, 1.54) is 0 Å². The number of likely N-dealkylation sites (tertiary alicyclic amines) is 1. The Bertz CT molecular complexity index is 657. The number of primary amides is 1. The highest BCUT2D eigenvalue weighted by Gasteiger charge is 2.26. The number of para-hydroxylation sites is 1. The molecule has 1 amide bonds. The van der Waals surface area contributed by atoms with E-state index in [9.17, 15) is 4.79 Å². The van der Waals surface area contributed by atoms with Gasteiger partial charge in [-0.25, -0.2) is 0 Å². The highest BCUT2D eigenvalue weighted by atomic mass is 16.5. The molecule has 23 heavy (non-hydrogen) atoms. The number of nitrogens with two attached hydrogens (primary N) is 1. The molecular weight excluding hydrogens is 288 g/mol. The second kappa shape index (κ2) is 7.29. The minimum absolute atomic E-state index is 0.206. The van der Waals surface area contributed by atoms with Gasteiger partial charge in [-0.2, -0.15) is 0 Å². The summed E-state index contributed by atoms with van der Waals surface area (Å²) in [5, 5.41) is 0. The second-order valence-corrected chi connectivity index (χ2v) is 5.76. The zero-order valence-corrected chi connectivity index (χ0v) is 13.0. The SMILES string of the molecule is NC(=O)C1C[CH]CCN1Cc1cccc(Oc2ccccc2)c1. The molecule has 0 bridgehead atoms. The van der Waals surface area contributed by atoms with Crippen LogP contribution in [0.3, 0.4) is 0 Å². The van der Waals surface area contributed by atoms with Gasteiger partial charge in [0.05, 0.1) is 6.04 Å². The zero-order valence-electron chi connectivity index (χ0n) is 13.0. The lowest BCUT2D eigenvalue weighted by atomic mass is 10.0. The molecule has 0 saturated carbocycles. The lowest BCUT2D eigenvalue weighted by Crippen LogP contribution is -2.47. The molecule has 3 rings (SSSR count). The molecule has 1 heterocycles. The Labute approximate surface area is 136 Å². The molecule has 1 aliphatic rings. The summed E-state index contributed by atoms with van der Waals surface area (Å²) in [5.41, 5.74) is 6.64. The van der Waals surface area contributed by atoms with Crippen molar-refractivity contribution in [2.75, 3.05) is 6.54 Å². The third-order valence-electron chi connectivity index (χ3n) is 4.04. The Balaban J connectivity index is 1.70. The molecule has 0 spiro atoms. The summed E-state index contributed by atoms with van der Waals surface area (Å²) in [6, 6.07) is 17.5. The number of rotatable bonds is 5. The average Bonchev–Trinajstić information content (AvgIpc) is 2.56. The molecule has 4 heteroatoms. The third kappa shape index (κ3) is 4.11. The van der Waals surface area contributed by atoms with E-state index in [-0.39, 0.29) is 11.9 Å². The smallest absolute Gasteiger partial charge is 0.234 e. The number of ether oxygens (including phenoxy) is 1. The van der Waals surface area contributed by atoms with E-state index in [2.05, 4.69) is 11.3 Å². The maximum Gasteiger partial charge on any atom is 0.234 e. The van der Waals surface area contributed by atoms with Crippen LogP contribution in [-0.2, 0) is 11.3 Å². The van der Waals surface area contributed by atoms with Crippen molar-refractivity contribution in [3.8, 4) is 11.5 Å². The number of nitrogens with zero attached hydrogens (tertiary/aromatic N) is 1. The molecule has 0 aromatic heterocycles. The van der Waals surface area contributed by atoms with Crippen molar-refractivity contribution in [1.82, 2.24) is 4.90 Å². The molecule has 1 radical (unpaired) electrons. The van der Waals surface area contributed by atoms with Crippen LogP contribution in [0.4, 0.5) is 0 Å². The van der Waals surface area contributed by atoms with Gasteiger partial charge in [0.2, 0.25) is 5.91 Å². The summed E-state index contributed by atoms with van der Waals surface area (Å²) in [6.45, 7) is 1.56. The first-order valence-electron chi connectivity index (χ1n) is 7.89. The van der Waals surface area contributed by atoms with Crippen molar-refractivity contribution >= 4 is 5.91 Å². The number of benzene rings is 2.